The van der Waals surface area contributed by atoms with Crippen molar-refractivity contribution in [2.24, 2.45) is 7.05 Å². The fraction of sp³-hybridized carbons (Fsp3) is 0.600. The van der Waals surface area contributed by atoms with Crippen LogP contribution in [0.5, 0.6) is 0 Å². The van der Waals surface area contributed by atoms with Gasteiger partial charge in [-0.2, -0.15) is 5.10 Å². The molecule has 2 aromatic heterocycles. The van der Waals surface area contributed by atoms with Gasteiger partial charge in [0, 0.05) is 12.5 Å². The summed E-state index contributed by atoms with van der Waals surface area (Å²) in [4.78, 5) is 12.5. The summed E-state index contributed by atoms with van der Waals surface area (Å²) in [5, 5.41) is 15.6. The van der Waals surface area contributed by atoms with Gasteiger partial charge in [0.25, 0.3) is 0 Å². The van der Waals surface area contributed by atoms with Crippen molar-refractivity contribution < 1.29 is 4.79 Å². The maximum atomic E-state index is 12.5. The van der Waals surface area contributed by atoms with Crippen LogP contribution in [-0.4, -0.2) is 35.8 Å². The lowest BCUT2D eigenvalue weighted by atomic mass is 9.96. The summed E-state index contributed by atoms with van der Waals surface area (Å²) in [7, 11) is 1.85. The first-order valence-corrected chi connectivity index (χ1v) is 8.59. The Kier molecular flexibility index (Phi) is 4.93. The monoisotopic (exact) mass is 351 g/mol. The van der Waals surface area contributed by atoms with Gasteiger partial charge in [-0.25, -0.2) is 4.68 Å². The normalized spacial score (nSPS) is 13.1. The molecular formula is C15H25N7OS. The molecule has 0 aliphatic heterocycles. The van der Waals surface area contributed by atoms with Crippen molar-refractivity contribution >= 4 is 23.4 Å². The Hall–Kier alpha value is -2.03. The van der Waals surface area contributed by atoms with Gasteiger partial charge in [0.1, 0.15) is 0 Å². The molecule has 1 amide bonds. The number of nitrogen functional groups attached to an aromatic ring is 1. The number of aryl methyl sites for hydroxylation is 2. The molecule has 1 atom stereocenters. The molecule has 0 radical (unpaired) electrons. The summed E-state index contributed by atoms with van der Waals surface area (Å²) in [5.74, 6) is 6.62. The van der Waals surface area contributed by atoms with E-state index >= 15 is 0 Å². The summed E-state index contributed by atoms with van der Waals surface area (Å²) in [6.07, 6.45) is 0. The number of nitrogens with one attached hydrogen (secondary N) is 1. The third-order valence-electron chi connectivity index (χ3n) is 3.74. The van der Waals surface area contributed by atoms with E-state index in [0.717, 1.165) is 17.1 Å². The van der Waals surface area contributed by atoms with Crippen LogP contribution in [-0.2, 0) is 17.3 Å². The molecule has 0 fully saturated rings. The van der Waals surface area contributed by atoms with E-state index in [2.05, 4.69) is 20.6 Å². The number of nitrogens with zero attached hydrogens (tertiary/aromatic N) is 5. The molecule has 0 bridgehead atoms. The third-order valence-corrected chi connectivity index (χ3v) is 4.80. The zero-order valence-electron chi connectivity index (χ0n) is 15.2. The zero-order chi connectivity index (χ0) is 18.2. The minimum absolute atomic E-state index is 0.125. The Morgan fingerprint density at radius 2 is 1.92 bits per heavy atom. The number of carbonyl (C=O) groups is 1. The SMILES string of the molecule is Cc1nn(C)c(C)c1NC(=O)[C@@H](C)Sc1nnc(C(C)(C)C)n1N. The average molecular weight is 351 g/mol. The fourth-order valence-corrected chi connectivity index (χ4v) is 3.03. The van der Waals surface area contributed by atoms with Gasteiger partial charge in [-0.3, -0.25) is 9.48 Å². The van der Waals surface area contributed by atoms with Crippen molar-refractivity contribution in [1.29, 1.82) is 0 Å². The largest absolute Gasteiger partial charge is 0.336 e. The Morgan fingerprint density at radius 1 is 1.29 bits per heavy atom. The van der Waals surface area contributed by atoms with Gasteiger partial charge in [-0.15, -0.1) is 10.2 Å². The van der Waals surface area contributed by atoms with Crippen molar-refractivity contribution in [3.05, 3.63) is 17.2 Å². The second-order valence-electron chi connectivity index (χ2n) is 6.84. The van der Waals surface area contributed by atoms with Crippen LogP contribution >= 0.6 is 11.8 Å². The molecule has 0 spiro atoms. The van der Waals surface area contributed by atoms with Crippen LogP contribution in [0.2, 0.25) is 0 Å². The van der Waals surface area contributed by atoms with Crippen LogP contribution in [0.15, 0.2) is 5.16 Å². The highest BCUT2D eigenvalue weighted by Crippen LogP contribution is 2.27. The summed E-state index contributed by atoms with van der Waals surface area (Å²) in [6, 6.07) is 0. The molecule has 8 nitrogen and oxygen atoms in total. The lowest BCUT2D eigenvalue weighted by molar-refractivity contribution is -0.115. The lowest BCUT2D eigenvalue weighted by Crippen LogP contribution is -2.26. The smallest absolute Gasteiger partial charge is 0.237 e. The summed E-state index contributed by atoms with van der Waals surface area (Å²) in [6.45, 7) is 11.6. The van der Waals surface area contributed by atoms with E-state index in [1.54, 1.807) is 4.68 Å². The van der Waals surface area contributed by atoms with Gasteiger partial charge < -0.3 is 11.2 Å². The molecule has 2 heterocycles. The number of rotatable bonds is 4. The number of hydrogen-bond acceptors (Lipinski definition) is 6. The summed E-state index contributed by atoms with van der Waals surface area (Å²) in [5.41, 5.74) is 2.24. The second kappa shape index (κ2) is 6.46. The van der Waals surface area contributed by atoms with Crippen LogP contribution in [0.3, 0.4) is 0 Å². The number of thioether (sulfide) groups is 1. The number of anilines is 1. The lowest BCUT2D eigenvalue weighted by Gasteiger charge is -2.17. The Bertz CT molecular complexity index is 757. The topological polar surface area (TPSA) is 104 Å². The Labute approximate surface area is 146 Å². The van der Waals surface area contributed by atoms with Crippen molar-refractivity contribution in [2.45, 2.75) is 57.4 Å². The molecule has 0 aliphatic carbocycles. The summed E-state index contributed by atoms with van der Waals surface area (Å²) >= 11 is 1.28. The first-order chi connectivity index (χ1) is 11.0. The molecule has 0 saturated carbocycles. The summed E-state index contributed by atoms with van der Waals surface area (Å²) < 4.78 is 3.20. The maximum Gasteiger partial charge on any atom is 0.237 e. The molecule has 2 aromatic rings. The van der Waals surface area contributed by atoms with E-state index in [1.807, 2.05) is 48.6 Å². The average Bonchev–Trinajstić information content (AvgIpc) is 2.94. The molecule has 3 N–H and O–H groups in total. The molecule has 9 heteroatoms. The van der Waals surface area contributed by atoms with Gasteiger partial charge in [-0.05, 0) is 20.8 Å². The first-order valence-electron chi connectivity index (χ1n) is 7.71. The highest BCUT2D eigenvalue weighted by atomic mass is 32.2. The van der Waals surface area contributed by atoms with Crippen LogP contribution in [0, 0.1) is 13.8 Å². The molecule has 2 rings (SSSR count). The van der Waals surface area contributed by atoms with E-state index in [4.69, 9.17) is 5.84 Å². The highest BCUT2D eigenvalue weighted by Gasteiger charge is 2.26. The minimum Gasteiger partial charge on any atom is -0.336 e. The fourth-order valence-electron chi connectivity index (χ4n) is 2.26. The standard InChI is InChI=1S/C15H25N7OS/c1-8-11(9(2)21(7)20-8)17-12(23)10(3)24-14-19-18-13(22(14)16)15(4,5)6/h10H,16H2,1-7H3,(H,17,23)/t10-/m1/s1. The third kappa shape index (κ3) is 3.55. The van der Waals surface area contributed by atoms with Crippen LogP contribution in [0.4, 0.5) is 5.69 Å². The maximum absolute atomic E-state index is 12.5. The van der Waals surface area contributed by atoms with Crippen molar-refractivity contribution in [2.75, 3.05) is 11.2 Å². The van der Waals surface area contributed by atoms with E-state index in [0.29, 0.717) is 11.0 Å². The number of nitrogens with two attached hydrogens (primary N) is 1. The van der Waals surface area contributed by atoms with Gasteiger partial charge in [0.2, 0.25) is 11.1 Å². The molecule has 0 unspecified atom stereocenters. The minimum atomic E-state index is -0.372. The Morgan fingerprint density at radius 3 is 2.38 bits per heavy atom. The number of carbonyl (C=O) groups excluding carboxylic acids is 1. The molecule has 132 valence electrons. The molecule has 0 aliphatic rings. The predicted molar refractivity (Wildman–Crippen MR) is 95.5 cm³/mol. The van der Waals surface area contributed by atoms with Crippen LogP contribution in [0.1, 0.15) is 44.9 Å². The van der Waals surface area contributed by atoms with Gasteiger partial charge in [0.15, 0.2) is 5.82 Å². The van der Waals surface area contributed by atoms with Crippen LogP contribution in [0.25, 0.3) is 0 Å². The van der Waals surface area contributed by atoms with E-state index in [9.17, 15) is 4.79 Å². The van der Waals surface area contributed by atoms with Gasteiger partial charge in [0.05, 0.1) is 22.3 Å². The van der Waals surface area contributed by atoms with Crippen LogP contribution < -0.4 is 11.2 Å². The van der Waals surface area contributed by atoms with Gasteiger partial charge in [-0.1, -0.05) is 32.5 Å². The van der Waals surface area contributed by atoms with E-state index in [-0.39, 0.29) is 16.6 Å². The molecular weight excluding hydrogens is 326 g/mol. The zero-order valence-corrected chi connectivity index (χ0v) is 16.0. The quantitative estimate of drug-likeness (QED) is 0.642. The predicted octanol–water partition coefficient (Wildman–Crippen LogP) is 1.76. The number of amides is 1. The van der Waals surface area contributed by atoms with Crippen molar-refractivity contribution in [3.8, 4) is 0 Å². The van der Waals surface area contributed by atoms with Gasteiger partial charge >= 0.3 is 0 Å². The van der Waals surface area contributed by atoms with E-state index in [1.165, 1.54) is 16.4 Å². The molecule has 0 aromatic carbocycles. The van der Waals surface area contributed by atoms with Crippen molar-refractivity contribution in [3.63, 3.8) is 0 Å². The molecule has 24 heavy (non-hydrogen) atoms. The van der Waals surface area contributed by atoms with Crippen molar-refractivity contribution in [1.82, 2.24) is 24.7 Å². The molecule has 0 saturated heterocycles. The number of hydrogen-bond donors (Lipinski definition) is 2. The van der Waals surface area contributed by atoms with E-state index < -0.39 is 0 Å². The number of aromatic nitrogens is 5. The highest BCUT2D eigenvalue weighted by molar-refractivity contribution is 8.00. The second-order valence-corrected chi connectivity index (χ2v) is 8.15. The Balaban J connectivity index is 2.11. The first kappa shape index (κ1) is 18.3.